The highest BCUT2D eigenvalue weighted by atomic mass is 16.2. The molecular formula is C19H17N7O. The van der Waals surface area contributed by atoms with E-state index in [1.807, 2.05) is 36.4 Å². The predicted octanol–water partition coefficient (Wildman–Crippen LogP) is 2.38. The Kier molecular flexibility index (Phi) is 4.44. The zero-order valence-electron chi connectivity index (χ0n) is 14.6. The Balaban J connectivity index is 1.44. The maximum Gasteiger partial charge on any atom is 0.247 e. The van der Waals surface area contributed by atoms with Gasteiger partial charge in [0.05, 0.1) is 17.6 Å². The second-order valence-corrected chi connectivity index (χ2v) is 5.94. The van der Waals surface area contributed by atoms with Gasteiger partial charge < -0.3 is 5.32 Å². The number of hydrogen-bond acceptors (Lipinski definition) is 5. The summed E-state index contributed by atoms with van der Waals surface area (Å²) in [7, 11) is 1.77. The lowest BCUT2D eigenvalue weighted by Gasteiger charge is -2.05. The number of amides is 1. The van der Waals surface area contributed by atoms with Gasteiger partial charge in [0.1, 0.15) is 18.1 Å². The number of aryl methyl sites for hydroxylation is 1. The van der Waals surface area contributed by atoms with Crippen LogP contribution in [0.15, 0.2) is 67.3 Å². The Morgan fingerprint density at radius 1 is 1.04 bits per heavy atom. The third kappa shape index (κ3) is 3.74. The van der Waals surface area contributed by atoms with E-state index in [9.17, 15) is 4.79 Å². The summed E-state index contributed by atoms with van der Waals surface area (Å²) in [6.07, 6.45) is 6.92. The molecule has 0 saturated heterocycles. The third-order valence-corrected chi connectivity index (χ3v) is 3.97. The molecule has 0 aliphatic heterocycles. The lowest BCUT2D eigenvalue weighted by atomic mass is 10.2. The van der Waals surface area contributed by atoms with Crippen LogP contribution in [0.25, 0.3) is 22.6 Å². The van der Waals surface area contributed by atoms with E-state index < -0.39 is 0 Å². The van der Waals surface area contributed by atoms with E-state index in [-0.39, 0.29) is 12.5 Å². The van der Waals surface area contributed by atoms with Gasteiger partial charge >= 0.3 is 0 Å². The molecule has 4 rings (SSSR count). The minimum absolute atomic E-state index is 0.0942. The molecule has 8 nitrogen and oxygen atoms in total. The van der Waals surface area contributed by atoms with Crippen LogP contribution >= 0.6 is 0 Å². The van der Waals surface area contributed by atoms with Crippen LogP contribution in [0.3, 0.4) is 0 Å². The number of anilines is 1. The summed E-state index contributed by atoms with van der Waals surface area (Å²) in [5.41, 5.74) is 3.13. The molecule has 0 unspecified atom stereocenters. The van der Waals surface area contributed by atoms with E-state index in [0.717, 1.165) is 17.0 Å². The largest absolute Gasteiger partial charge is 0.309 e. The number of nitrogens with zero attached hydrogens (tertiary/aromatic N) is 6. The SMILES string of the molecule is Cn1nc(-c2ccccn2)cc1NC(=O)Cn1cc(-c2ccccn2)cn1. The molecule has 0 aliphatic carbocycles. The molecule has 4 aromatic heterocycles. The van der Waals surface area contributed by atoms with Crippen molar-refractivity contribution in [1.82, 2.24) is 29.5 Å². The van der Waals surface area contributed by atoms with E-state index in [0.29, 0.717) is 11.5 Å². The third-order valence-electron chi connectivity index (χ3n) is 3.97. The Hall–Kier alpha value is -3.81. The average molecular weight is 359 g/mol. The van der Waals surface area contributed by atoms with Crippen molar-refractivity contribution in [1.29, 1.82) is 0 Å². The summed E-state index contributed by atoms with van der Waals surface area (Å²) in [6, 6.07) is 13.1. The number of rotatable bonds is 5. The Labute approximate surface area is 155 Å². The molecule has 0 radical (unpaired) electrons. The van der Waals surface area contributed by atoms with E-state index >= 15 is 0 Å². The highest BCUT2D eigenvalue weighted by Crippen LogP contribution is 2.19. The summed E-state index contributed by atoms with van der Waals surface area (Å²) in [4.78, 5) is 20.9. The smallest absolute Gasteiger partial charge is 0.247 e. The molecule has 0 fully saturated rings. The molecule has 0 saturated carbocycles. The number of hydrogen-bond donors (Lipinski definition) is 1. The summed E-state index contributed by atoms with van der Waals surface area (Å²) in [5, 5.41) is 11.5. The summed E-state index contributed by atoms with van der Waals surface area (Å²) >= 11 is 0. The van der Waals surface area contributed by atoms with Crippen LogP contribution in [-0.4, -0.2) is 35.4 Å². The first-order chi connectivity index (χ1) is 13.2. The van der Waals surface area contributed by atoms with Gasteiger partial charge in [0.25, 0.3) is 0 Å². The van der Waals surface area contributed by atoms with Gasteiger partial charge in [-0.25, -0.2) is 0 Å². The number of aromatic nitrogens is 6. The normalized spacial score (nSPS) is 10.7. The molecule has 27 heavy (non-hydrogen) atoms. The second kappa shape index (κ2) is 7.20. The molecule has 4 heterocycles. The monoisotopic (exact) mass is 359 g/mol. The van der Waals surface area contributed by atoms with Crippen LogP contribution in [-0.2, 0) is 18.4 Å². The van der Waals surface area contributed by atoms with Crippen molar-refractivity contribution < 1.29 is 4.79 Å². The predicted molar refractivity (Wildman–Crippen MR) is 101 cm³/mol. The standard InChI is InChI=1S/C19H17N7O/c1-25-18(10-17(24-25)16-7-3-5-9-21-16)23-19(27)13-26-12-14(11-22-26)15-6-2-4-8-20-15/h2-12H,13H2,1H3,(H,23,27). The topological polar surface area (TPSA) is 90.5 Å². The van der Waals surface area contributed by atoms with Gasteiger partial charge in [-0.1, -0.05) is 12.1 Å². The van der Waals surface area contributed by atoms with Crippen LogP contribution < -0.4 is 5.32 Å². The zero-order valence-corrected chi connectivity index (χ0v) is 14.6. The number of carbonyl (C=O) groups is 1. The second-order valence-electron chi connectivity index (χ2n) is 5.94. The fourth-order valence-electron chi connectivity index (χ4n) is 2.67. The van der Waals surface area contributed by atoms with Crippen molar-refractivity contribution >= 4 is 11.7 Å². The quantitative estimate of drug-likeness (QED) is 0.591. The van der Waals surface area contributed by atoms with Crippen LogP contribution in [0.5, 0.6) is 0 Å². The Morgan fingerprint density at radius 3 is 2.48 bits per heavy atom. The van der Waals surface area contributed by atoms with Gasteiger partial charge in [-0.3, -0.25) is 24.1 Å². The van der Waals surface area contributed by atoms with E-state index in [1.54, 1.807) is 47.3 Å². The lowest BCUT2D eigenvalue weighted by Crippen LogP contribution is -2.20. The maximum atomic E-state index is 12.4. The lowest BCUT2D eigenvalue weighted by molar-refractivity contribution is -0.116. The number of nitrogens with one attached hydrogen (secondary N) is 1. The minimum atomic E-state index is -0.193. The van der Waals surface area contributed by atoms with Crippen molar-refractivity contribution in [2.75, 3.05) is 5.32 Å². The van der Waals surface area contributed by atoms with E-state index in [4.69, 9.17) is 0 Å². The fourth-order valence-corrected chi connectivity index (χ4v) is 2.67. The van der Waals surface area contributed by atoms with Crippen LogP contribution in [0.2, 0.25) is 0 Å². The molecule has 4 aromatic rings. The minimum Gasteiger partial charge on any atom is -0.309 e. The molecule has 1 N–H and O–H groups in total. The van der Waals surface area contributed by atoms with Crippen molar-refractivity contribution in [3.8, 4) is 22.6 Å². The van der Waals surface area contributed by atoms with Gasteiger partial charge in [0.2, 0.25) is 5.91 Å². The molecule has 0 aromatic carbocycles. The molecule has 0 spiro atoms. The van der Waals surface area contributed by atoms with Crippen LogP contribution in [0, 0.1) is 0 Å². The zero-order chi connectivity index (χ0) is 18.6. The van der Waals surface area contributed by atoms with Crippen molar-refractivity contribution in [3.05, 3.63) is 67.3 Å². The highest BCUT2D eigenvalue weighted by molar-refractivity contribution is 5.90. The van der Waals surface area contributed by atoms with Gasteiger partial charge in [-0.2, -0.15) is 10.2 Å². The first-order valence-electron chi connectivity index (χ1n) is 8.38. The van der Waals surface area contributed by atoms with Crippen molar-refractivity contribution in [2.24, 2.45) is 7.05 Å². The fraction of sp³-hybridized carbons (Fsp3) is 0.105. The Morgan fingerprint density at radius 2 is 1.78 bits per heavy atom. The van der Waals surface area contributed by atoms with Crippen LogP contribution in [0.1, 0.15) is 0 Å². The summed E-state index contributed by atoms with van der Waals surface area (Å²) < 4.78 is 3.19. The average Bonchev–Trinajstić information content (AvgIpc) is 3.30. The van der Waals surface area contributed by atoms with Crippen molar-refractivity contribution in [3.63, 3.8) is 0 Å². The molecular weight excluding hydrogens is 342 g/mol. The molecule has 1 amide bonds. The van der Waals surface area contributed by atoms with Gasteiger partial charge in [0.15, 0.2) is 0 Å². The first kappa shape index (κ1) is 16.6. The molecule has 134 valence electrons. The van der Waals surface area contributed by atoms with E-state index in [1.165, 1.54) is 0 Å². The molecule has 0 aliphatic rings. The van der Waals surface area contributed by atoms with Crippen LogP contribution in [0.4, 0.5) is 5.82 Å². The van der Waals surface area contributed by atoms with Gasteiger partial charge in [0, 0.05) is 37.3 Å². The number of carbonyl (C=O) groups excluding carboxylic acids is 1. The molecule has 0 atom stereocenters. The maximum absolute atomic E-state index is 12.4. The summed E-state index contributed by atoms with van der Waals surface area (Å²) in [5.74, 6) is 0.402. The molecule has 8 heteroatoms. The van der Waals surface area contributed by atoms with Gasteiger partial charge in [-0.05, 0) is 24.3 Å². The van der Waals surface area contributed by atoms with E-state index in [2.05, 4.69) is 25.5 Å². The highest BCUT2D eigenvalue weighted by Gasteiger charge is 2.12. The summed E-state index contributed by atoms with van der Waals surface area (Å²) in [6.45, 7) is 0.0942. The molecule has 0 bridgehead atoms. The Bertz CT molecular complexity index is 1050. The van der Waals surface area contributed by atoms with Crippen molar-refractivity contribution in [2.45, 2.75) is 6.54 Å². The first-order valence-corrected chi connectivity index (χ1v) is 8.38. The number of pyridine rings is 2. The van der Waals surface area contributed by atoms with Gasteiger partial charge in [-0.15, -0.1) is 0 Å².